The van der Waals surface area contributed by atoms with E-state index in [4.69, 9.17) is 4.52 Å². The van der Waals surface area contributed by atoms with Crippen LogP contribution in [0.4, 0.5) is 0 Å². The summed E-state index contributed by atoms with van der Waals surface area (Å²) in [5, 5.41) is 4.06. The lowest BCUT2D eigenvalue weighted by atomic mass is 9.99. The number of sulfonamides is 1. The Balaban J connectivity index is 1.54. The van der Waals surface area contributed by atoms with Crippen LogP contribution in [0, 0.1) is 0 Å². The molecule has 8 heteroatoms. The topological polar surface area (TPSA) is 88.3 Å². The maximum Gasteiger partial charge on any atom is 0.240 e. The number of aromatic nitrogens is 2. The van der Waals surface area contributed by atoms with Crippen molar-refractivity contribution in [2.45, 2.75) is 57.0 Å². The summed E-state index contributed by atoms with van der Waals surface area (Å²) in [6, 6.07) is 0.374. The third kappa shape index (κ3) is 4.50. The van der Waals surface area contributed by atoms with Gasteiger partial charge in [-0.05, 0) is 38.6 Å². The van der Waals surface area contributed by atoms with E-state index in [2.05, 4.69) is 19.8 Å². The maximum atomic E-state index is 11.2. The van der Waals surface area contributed by atoms with Gasteiger partial charge in [0.15, 0.2) is 5.82 Å². The van der Waals surface area contributed by atoms with Gasteiger partial charge in [0, 0.05) is 18.5 Å². The quantitative estimate of drug-likeness (QED) is 0.810. The Morgan fingerprint density at radius 3 is 2.86 bits per heavy atom. The molecular weight excluding hydrogens is 304 g/mol. The van der Waals surface area contributed by atoms with Crippen molar-refractivity contribution in [2.75, 3.05) is 19.3 Å². The highest BCUT2D eigenvalue weighted by Gasteiger charge is 2.30. The van der Waals surface area contributed by atoms with Gasteiger partial charge in [0.1, 0.15) is 0 Å². The molecule has 0 unspecified atom stereocenters. The second-order valence-corrected chi connectivity index (χ2v) is 8.23. The van der Waals surface area contributed by atoms with Crippen molar-refractivity contribution in [1.29, 1.82) is 0 Å². The Bertz CT molecular complexity index is 597. The zero-order valence-corrected chi connectivity index (χ0v) is 13.8. The number of rotatable bonds is 7. The summed E-state index contributed by atoms with van der Waals surface area (Å²) in [6.45, 7) is 2.16. The molecule has 0 radical (unpaired) electrons. The summed E-state index contributed by atoms with van der Waals surface area (Å²) in [5.74, 6) is 2.04. The smallest absolute Gasteiger partial charge is 0.240 e. The van der Waals surface area contributed by atoms with Gasteiger partial charge >= 0.3 is 0 Å². The van der Waals surface area contributed by atoms with Crippen LogP contribution in [0.5, 0.6) is 0 Å². The molecule has 1 saturated heterocycles. The zero-order valence-electron chi connectivity index (χ0n) is 13.0. The second kappa shape index (κ2) is 6.64. The van der Waals surface area contributed by atoms with Crippen LogP contribution in [0.3, 0.4) is 0 Å². The highest BCUT2D eigenvalue weighted by Crippen LogP contribution is 2.38. The molecule has 124 valence electrons. The largest absolute Gasteiger partial charge is 0.338 e. The highest BCUT2D eigenvalue weighted by molar-refractivity contribution is 7.88. The van der Waals surface area contributed by atoms with Crippen molar-refractivity contribution in [2.24, 2.45) is 0 Å². The molecule has 0 amide bonds. The monoisotopic (exact) mass is 328 g/mol. The van der Waals surface area contributed by atoms with E-state index in [1.54, 1.807) is 0 Å². The minimum atomic E-state index is -3.11. The standard InChI is InChI=1S/C14H24N4O3S/c1-22(19,20)15-8-7-12-4-2-3-9-18(12)10-13-16-14(17-21-13)11-5-6-11/h11-12,15H,2-10H2,1H3/t12-/m1/s1. The van der Waals surface area contributed by atoms with E-state index in [0.717, 1.165) is 25.2 Å². The average Bonchev–Trinajstić information content (AvgIpc) is 3.20. The first-order valence-electron chi connectivity index (χ1n) is 8.02. The third-order valence-corrected chi connectivity index (χ3v) is 5.08. The summed E-state index contributed by atoms with van der Waals surface area (Å²) in [5.41, 5.74) is 0. The molecule has 1 aliphatic carbocycles. The van der Waals surface area contributed by atoms with Gasteiger partial charge in [-0.15, -0.1) is 0 Å². The van der Waals surface area contributed by atoms with Crippen molar-refractivity contribution in [3.8, 4) is 0 Å². The van der Waals surface area contributed by atoms with Crippen LogP contribution < -0.4 is 4.72 Å². The summed E-state index contributed by atoms with van der Waals surface area (Å²) in [7, 11) is -3.11. The Kier molecular flexibility index (Phi) is 4.79. The molecule has 1 saturated carbocycles. The normalized spacial score (nSPS) is 23.8. The van der Waals surface area contributed by atoms with E-state index in [1.165, 1.54) is 31.9 Å². The first kappa shape index (κ1) is 15.9. The van der Waals surface area contributed by atoms with Crippen LogP contribution >= 0.6 is 0 Å². The molecule has 1 atom stereocenters. The van der Waals surface area contributed by atoms with Gasteiger partial charge in [0.25, 0.3) is 0 Å². The molecule has 1 aromatic heterocycles. The minimum Gasteiger partial charge on any atom is -0.338 e. The Hall–Kier alpha value is -0.990. The lowest BCUT2D eigenvalue weighted by Crippen LogP contribution is -2.41. The van der Waals surface area contributed by atoms with Crippen LogP contribution in [0.25, 0.3) is 0 Å². The number of likely N-dealkylation sites (tertiary alicyclic amines) is 1. The first-order valence-corrected chi connectivity index (χ1v) is 9.91. The van der Waals surface area contributed by atoms with Gasteiger partial charge in [0.05, 0.1) is 12.8 Å². The number of piperidine rings is 1. The molecule has 0 bridgehead atoms. The van der Waals surface area contributed by atoms with E-state index < -0.39 is 10.0 Å². The zero-order chi connectivity index (χ0) is 15.6. The molecule has 0 spiro atoms. The molecule has 0 aromatic carbocycles. The number of nitrogens with zero attached hydrogens (tertiary/aromatic N) is 3. The molecular formula is C14H24N4O3S. The van der Waals surface area contributed by atoms with Crippen molar-refractivity contribution in [1.82, 2.24) is 19.8 Å². The number of hydrogen-bond donors (Lipinski definition) is 1. The summed E-state index contributed by atoms with van der Waals surface area (Å²) in [6.07, 6.45) is 7.80. The van der Waals surface area contributed by atoms with Gasteiger partial charge in [-0.25, -0.2) is 13.1 Å². The highest BCUT2D eigenvalue weighted by atomic mass is 32.2. The Labute approximate surface area is 131 Å². The van der Waals surface area contributed by atoms with Gasteiger partial charge in [0.2, 0.25) is 15.9 Å². The van der Waals surface area contributed by atoms with E-state index in [0.29, 0.717) is 30.9 Å². The molecule has 2 fully saturated rings. The van der Waals surface area contributed by atoms with E-state index in [-0.39, 0.29) is 0 Å². The number of nitrogens with one attached hydrogen (secondary N) is 1. The predicted octanol–water partition coefficient (Wildman–Crippen LogP) is 1.24. The molecule has 1 N–H and O–H groups in total. The molecule has 3 rings (SSSR count). The Morgan fingerprint density at radius 2 is 2.14 bits per heavy atom. The molecule has 2 heterocycles. The molecule has 1 aromatic rings. The summed E-state index contributed by atoms with van der Waals surface area (Å²) < 4.78 is 30.3. The molecule has 2 aliphatic rings. The third-order valence-electron chi connectivity index (χ3n) is 4.36. The van der Waals surface area contributed by atoms with Gasteiger partial charge in [-0.2, -0.15) is 4.98 Å². The SMILES string of the molecule is CS(=O)(=O)NCC[C@H]1CCCCN1Cc1nc(C2CC2)no1. The van der Waals surface area contributed by atoms with Gasteiger partial charge < -0.3 is 4.52 Å². The first-order chi connectivity index (χ1) is 10.5. The van der Waals surface area contributed by atoms with Gasteiger partial charge in [-0.1, -0.05) is 11.6 Å². The molecule has 7 nitrogen and oxygen atoms in total. The van der Waals surface area contributed by atoms with Crippen molar-refractivity contribution in [3.63, 3.8) is 0 Å². The van der Waals surface area contributed by atoms with Gasteiger partial charge in [-0.3, -0.25) is 4.90 Å². The molecule has 22 heavy (non-hydrogen) atoms. The molecule has 1 aliphatic heterocycles. The fourth-order valence-electron chi connectivity index (χ4n) is 3.02. The predicted molar refractivity (Wildman–Crippen MR) is 81.8 cm³/mol. The summed E-state index contributed by atoms with van der Waals surface area (Å²) in [4.78, 5) is 6.83. The van der Waals surface area contributed by atoms with Crippen LogP contribution in [0.2, 0.25) is 0 Å². The van der Waals surface area contributed by atoms with Crippen molar-refractivity contribution >= 4 is 10.0 Å². The fraction of sp³-hybridized carbons (Fsp3) is 0.857. The van der Waals surface area contributed by atoms with Crippen LogP contribution in [-0.4, -0.2) is 48.8 Å². The Morgan fingerprint density at radius 1 is 1.32 bits per heavy atom. The number of hydrogen-bond acceptors (Lipinski definition) is 6. The van der Waals surface area contributed by atoms with E-state index in [9.17, 15) is 8.42 Å². The lowest BCUT2D eigenvalue weighted by Gasteiger charge is -2.34. The summed E-state index contributed by atoms with van der Waals surface area (Å²) >= 11 is 0. The van der Waals surface area contributed by atoms with Crippen LogP contribution in [-0.2, 0) is 16.6 Å². The maximum absolute atomic E-state index is 11.2. The average molecular weight is 328 g/mol. The minimum absolute atomic E-state index is 0.374. The van der Waals surface area contributed by atoms with E-state index >= 15 is 0 Å². The lowest BCUT2D eigenvalue weighted by molar-refractivity contribution is 0.118. The van der Waals surface area contributed by atoms with Crippen LogP contribution in [0.1, 0.15) is 56.2 Å². The van der Waals surface area contributed by atoms with Crippen LogP contribution in [0.15, 0.2) is 4.52 Å². The van der Waals surface area contributed by atoms with Crippen molar-refractivity contribution in [3.05, 3.63) is 11.7 Å². The second-order valence-electron chi connectivity index (χ2n) is 6.40. The van der Waals surface area contributed by atoms with E-state index in [1.807, 2.05) is 0 Å². The fourth-order valence-corrected chi connectivity index (χ4v) is 3.51. The van der Waals surface area contributed by atoms with Crippen molar-refractivity contribution < 1.29 is 12.9 Å².